The van der Waals surface area contributed by atoms with Gasteiger partial charge in [-0.2, -0.15) is 0 Å². The van der Waals surface area contributed by atoms with Gasteiger partial charge in [-0.15, -0.1) is 0 Å². The molecule has 0 spiro atoms. The highest BCUT2D eigenvalue weighted by atomic mass is 19.1. The summed E-state index contributed by atoms with van der Waals surface area (Å²) >= 11 is 0. The summed E-state index contributed by atoms with van der Waals surface area (Å²) in [5.41, 5.74) is 0.416. The first-order valence-corrected chi connectivity index (χ1v) is 6.84. The molecule has 0 saturated heterocycles. The minimum Gasteiger partial charge on any atom is -0.465 e. The summed E-state index contributed by atoms with van der Waals surface area (Å²) in [5.74, 6) is 0.0515. The monoisotopic (exact) mass is 292 g/mol. The molecule has 3 aromatic rings. The van der Waals surface area contributed by atoms with Gasteiger partial charge in [0.05, 0.1) is 6.26 Å². The average molecular weight is 292 g/mol. The van der Waals surface area contributed by atoms with Crippen LogP contribution in [-0.2, 0) is 0 Å². The quantitative estimate of drug-likeness (QED) is 0.394. The SMILES string of the molecule is O=C(C=COc1ccc2ccccc2c1)c1ccc(F)cc1. The lowest BCUT2D eigenvalue weighted by Crippen LogP contribution is -1.95. The zero-order valence-corrected chi connectivity index (χ0v) is 11.7. The summed E-state index contributed by atoms with van der Waals surface area (Å²) in [6, 6.07) is 19.1. The number of hydrogen-bond donors (Lipinski definition) is 0. The number of benzene rings is 3. The molecule has 0 aliphatic rings. The Bertz CT molecular complexity index is 835. The Morgan fingerprint density at radius 1 is 0.909 bits per heavy atom. The summed E-state index contributed by atoms with van der Waals surface area (Å²) in [6.45, 7) is 0. The van der Waals surface area contributed by atoms with E-state index in [-0.39, 0.29) is 11.6 Å². The minimum absolute atomic E-state index is 0.235. The number of halogens is 1. The molecule has 0 radical (unpaired) electrons. The van der Waals surface area contributed by atoms with Crippen LogP contribution < -0.4 is 4.74 Å². The molecule has 0 amide bonds. The van der Waals surface area contributed by atoms with Crippen LogP contribution in [-0.4, -0.2) is 5.78 Å². The number of fused-ring (bicyclic) bond motifs is 1. The van der Waals surface area contributed by atoms with Gasteiger partial charge in [-0.1, -0.05) is 30.3 Å². The summed E-state index contributed by atoms with van der Waals surface area (Å²) in [7, 11) is 0. The van der Waals surface area contributed by atoms with Crippen molar-refractivity contribution >= 4 is 16.6 Å². The third-order valence-corrected chi connectivity index (χ3v) is 3.27. The zero-order valence-electron chi connectivity index (χ0n) is 11.7. The second kappa shape index (κ2) is 6.22. The summed E-state index contributed by atoms with van der Waals surface area (Å²) < 4.78 is 18.3. The number of ether oxygens (including phenoxy) is 1. The highest BCUT2D eigenvalue weighted by Crippen LogP contribution is 2.20. The second-order valence-corrected chi connectivity index (χ2v) is 4.80. The van der Waals surface area contributed by atoms with Gasteiger partial charge in [-0.25, -0.2) is 4.39 Å². The van der Waals surface area contributed by atoms with Crippen molar-refractivity contribution in [2.24, 2.45) is 0 Å². The Morgan fingerprint density at radius 2 is 1.64 bits per heavy atom. The summed E-state index contributed by atoms with van der Waals surface area (Å²) in [6.07, 6.45) is 2.66. The van der Waals surface area contributed by atoms with Gasteiger partial charge in [0, 0.05) is 11.6 Å². The van der Waals surface area contributed by atoms with Gasteiger partial charge in [-0.05, 0) is 47.2 Å². The van der Waals surface area contributed by atoms with Crippen LogP contribution in [0.5, 0.6) is 5.75 Å². The largest absolute Gasteiger partial charge is 0.465 e. The van der Waals surface area contributed by atoms with E-state index in [2.05, 4.69) is 0 Å². The van der Waals surface area contributed by atoms with Gasteiger partial charge in [0.15, 0.2) is 5.78 Å². The molecule has 0 saturated carbocycles. The Balaban J connectivity index is 1.70. The molecule has 0 unspecified atom stereocenters. The highest BCUT2D eigenvalue weighted by Gasteiger charge is 2.02. The van der Waals surface area contributed by atoms with Gasteiger partial charge in [0.1, 0.15) is 11.6 Å². The van der Waals surface area contributed by atoms with Crippen LogP contribution >= 0.6 is 0 Å². The molecule has 0 aliphatic heterocycles. The predicted molar refractivity (Wildman–Crippen MR) is 84.4 cm³/mol. The van der Waals surface area contributed by atoms with Crippen LogP contribution in [0.3, 0.4) is 0 Å². The molecule has 2 nitrogen and oxygen atoms in total. The summed E-state index contributed by atoms with van der Waals surface area (Å²) in [5, 5.41) is 2.19. The molecule has 0 aliphatic carbocycles. The predicted octanol–water partition coefficient (Wildman–Crippen LogP) is 4.75. The van der Waals surface area contributed by atoms with E-state index in [4.69, 9.17) is 4.74 Å². The van der Waals surface area contributed by atoms with Gasteiger partial charge in [0.2, 0.25) is 0 Å². The second-order valence-electron chi connectivity index (χ2n) is 4.80. The number of ketones is 1. The maximum Gasteiger partial charge on any atom is 0.188 e. The fourth-order valence-corrected chi connectivity index (χ4v) is 2.13. The van der Waals surface area contributed by atoms with Gasteiger partial charge < -0.3 is 4.74 Å². The topological polar surface area (TPSA) is 26.3 Å². The van der Waals surface area contributed by atoms with E-state index in [0.717, 1.165) is 10.8 Å². The molecule has 0 fully saturated rings. The molecule has 108 valence electrons. The zero-order chi connectivity index (χ0) is 15.4. The molecule has 0 atom stereocenters. The van der Waals surface area contributed by atoms with Crippen molar-refractivity contribution in [3.05, 3.63) is 90.4 Å². The van der Waals surface area contributed by atoms with Gasteiger partial charge in [-0.3, -0.25) is 4.79 Å². The number of carbonyl (C=O) groups excluding carboxylic acids is 1. The summed E-state index contributed by atoms with van der Waals surface area (Å²) in [4.78, 5) is 11.9. The van der Waals surface area contributed by atoms with Gasteiger partial charge >= 0.3 is 0 Å². The van der Waals surface area contributed by atoms with E-state index in [0.29, 0.717) is 11.3 Å². The maximum absolute atomic E-state index is 12.8. The average Bonchev–Trinajstić information content (AvgIpc) is 2.55. The molecule has 0 aromatic heterocycles. The molecular formula is C19H13FO2. The van der Waals surface area contributed by atoms with E-state index in [9.17, 15) is 9.18 Å². The van der Waals surface area contributed by atoms with E-state index in [1.165, 1.54) is 36.6 Å². The molecule has 22 heavy (non-hydrogen) atoms. The van der Waals surface area contributed by atoms with Crippen molar-refractivity contribution < 1.29 is 13.9 Å². The Morgan fingerprint density at radius 3 is 2.41 bits per heavy atom. The lowest BCUT2D eigenvalue weighted by molar-refractivity contribution is 0.104. The Labute approximate surface area is 127 Å². The van der Waals surface area contributed by atoms with Crippen LogP contribution in [0.15, 0.2) is 79.1 Å². The maximum atomic E-state index is 12.8. The van der Waals surface area contributed by atoms with Crippen LogP contribution in [0, 0.1) is 5.82 Å². The minimum atomic E-state index is -0.368. The first-order chi connectivity index (χ1) is 10.7. The normalized spacial score (nSPS) is 11.0. The molecule has 0 heterocycles. The van der Waals surface area contributed by atoms with Crippen molar-refractivity contribution in [2.75, 3.05) is 0 Å². The van der Waals surface area contributed by atoms with Crippen molar-refractivity contribution in [1.29, 1.82) is 0 Å². The molecule has 0 bridgehead atoms. The van der Waals surface area contributed by atoms with E-state index in [1.54, 1.807) is 0 Å². The van der Waals surface area contributed by atoms with Crippen LogP contribution in [0.2, 0.25) is 0 Å². The third kappa shape index (κ3) is 3.20. The number of hydrogen-bond acceptors (Lipinski definition) is 2. The molecule has 3 heteroatoms. The molecule has 3 rings (SSSR count). The van der Waals surface area contributed by atoms with E-state index in [1.807, 2.05) is 42.5 Å². The van der Waals surface area contributed by atoms with Crippen LogP contribution in [0.25, 0.3) is 10.8 Å². The highest BCUT2D eigenvalue weighted by molar-refractivity contribution is 6.04. The Kier molecular flexibility index (Phi) is 3.97. The first-order valence-electron chi connectivity index (χ1n) is 6.84. The van der Waals surface area contributed by atoms with Crippen molar-refractivity contribution in [1.82, 2.24) is 0 Å². The third-order valence-electron chi connectivity index (χ3n) is 3.27. The van der Waals surface area contributed by atoms with Crippen molar-refractivity contribution in [2.45, 2.75) is 0 Å². The van der Waals surface area contributed by atoms with Crippen LogP contribution in [0.1, 0.15) is 10.4 Å². The van der Waals surface area contributed by atoms with Crippen LogP contribution in [0.4, 0.5) is 4.39 Å². The fraction of sp³-hybridized carbons (Fsp3) is 0. The standard InChI is InChI=1S/C19H13FO2/c20-17-8-5-15(6-9-17)19(21)11-12-22-18-10-7-14-3-1-2-4-16(14)13-18/h1-13H. The van der Waals surface area contributed by atoms with E-state index >= 15 is 0 Å². The molecule has 0 N–H and O–H groups in total. The number of allylic oxidation sites excluding steroid dienone is 1. The van der Waals surface area contributed by atoms with E-state index < -0.39 is 0 Å². The first kappa shape index (κ1) is 14.0. The molecule has 3 aromatic carbocycles. The number of rotatable bonds is 4. The number of carbonyl (C=O) groups is 1. The van der Waals surface area contributed by atoms with Gasteiger partial charge in [0.25, 0.3) is 0 Å². The van der Waals surface area contributed by atoms with Crippen molar-refractivity contribution in [3.8, 4) is 5.75 Å². The van der Waals surface area contributed by atoms with Crippen molar-refractivity contribution in [3.63, 3.8) is 0 Å². The Hall–Kier alpha value is -2.94. The fourth-order valence-electron chi connectivity index (χ4n) is 2.13. The lowest BCUT2D eigenvalue weighted by Gasteiger charge is -2.02. The lowest BCUT2D eigenvalue weighted by atomic mass is 10.1. The smallest absolute Gasteiger partial charge is 0.188 e. The molecular weight excluding hydrogens is 279 g/mol.